The second kappa shape index (κ2) is 5.88. The van der Waals surface area contributed by atoms with E-state index < -0.39 is 0 Å². The zero-order valence-corrected chi connectivity index (χ0v) is 11.9. The predicted molar refractivity (Wildman–Crippen MR) is 76.0 cm³/mol. The summed E-state index contributed by atoms with van der Waals surface area (Å²) in [6, 6.07) is 5.31. The molecule has 0 saturated carbocycles. The topological polar surface area (TPSA) is 38.5 Å². The summed E-state index contributed by atoms with van der Waals surface area (Å²) in [5.41, 5.74) is 7.88. The van der Waals surface area contributed by atoms with Crippen LogP contribution in [-0.2, 0) is 11.2 Å². The molecule has 3 unspecified atom stereocenters. The van der Waals surface area contributed by atoms with Crippen LogP contribution in [0.25, 0.3) is 0 Å². The van der Waals surface area contributed by atoms with Crippen molar-refractivity contribution in [2.45, 2.75) is 44.9 Å². The molecule has 3 atom stereocenters. The number of nitrogens with zero attached hydrogens (tertiary/aromatic N) is 1. The minimum atomic E-state index is -0.205. The van der Waals surface area contributed by atoms with Crippen molar-refractivity contribution in [1.82, 2.24) is 0 Å². The molecule has 0 aromatic heterocycles. The Morgan fingerprint density at radius 2 is 2.26 bits per heavy atom. The quantitative estimate of drug-likeness (QED) is 0.909. The van der Waals surface area contributed by atoms with E-state index in [1.165, 1.54) is 6.07 Å². The average molecular weight is 266 g/mol. The Morgan fingerprint density at radius 1 is 1.53 bits per heavy atom. The van der Waals surface area contributed by atoms with E-state index in [2.05, 4.69) is 11.8 Å². The molecular weight excluding hydrogens is 243 g/mol. The average Bonchev–Trinajstić information content (AvgIpc) is 2.74. The van der Waals surface area contributed by atoms with Crippen molar-refractivity contribution in [1.29, 1.82) is 0 Å². The Bertz CT molecular complexity index is 436. The molecule has 1 aliphatic heterocycles. The van der Waals surface area contributed by atoms with Crippen LogP contribution in [0, 0.1) is 5.82 Å². The molecule has 19 heavy (non-hydrogen) atoms. The highest BCUT2D eigenvalue weighted by Gasteiger charge is 2.29. The maximum atomic E-state index is 13.4. The molecule has 2 N–H and O–H groups in total. The molecule has 1 aromatic carbocycles. The molecule has 2 rings (SSSR count). The standard InChI is InChI=1S/C15H23FN2O/c1-10(17)8-12-9-13(16)4-5-15(12)18(3)14-6-7-19-11(14)2/h4-5,9-11,14H,6-8,17H2,1-3H3. The zero-order chi connectivity index (χ0) is 14.0. The van der Waals surface area contributed by atoms with Gasteiger partial charge in [-0.3, -0.25) is 0 Å². The van der Waals surface area contributed by atoms with Gasteiger partial charge in [-0.2, -0.15) is 0 Å². The van der Waals surface area contributed by atoms with Gasteiger partial charge in [0.2, 0.25) is 0 Å². The van der Waals surface area contributed by atoms with Crippen molar-refractivity contribution in [2.24, 2.45) is 5.73 Å². The number of nitrogens with two attached hydrogens (primary N) is 1. The molecule has 0 radical (unpaired) electrons. The summed E-state index contributed by atoms with van der Waals surface area (Å²) in [5, 5.41) is 0. The first-order valence-electron chi connectivity index (χ1n) is 6.87. The van der Waals surface area contributed by atoms with Crippen molar-refractivity contribution in [3.05, 3.63) is 29.6 Å². The fourth-order valence-electron chi connectivity index (χ4n) is 2.82. The number of benzene rings is 1. The van der Waals surface area contributed by atoms with Gasteiger partial charge in [0, 0.05) is 25.4 Å². The molecule has 0 aliphatic carbocycles. The van der Waals surface area contributed by atoms with Gasteiger partial charge in [0.05, 0.1) is 12.1 Å². The van der Waals surface area contributed by atoms with E-state index in [0.717, 1.165) is 24.3 Å². The number of rotatable bonds is 4. The van der Waals surface area contributed by atoms with Crippen LogP contribution in [0.4, 0.5) is 10.1 Å². The normalized spacial score (nSPS) is 24.5. The highest BCUT2D eigenvalue weighted by molar-refractivity contribution is 5.54. The molecule has 1 aliphatic rings. The Hall–Kier alpha value is -1.13. The smallest absolute Gasteiger partial charge is 0.123 e. The van der Waals surface area contributed by atoms with E-state index in [4.69, 9.17) is 10.5 Å². The summed E-state index contributed by atoms with van der Waals surface area (Å²) in [5.74, 6) is -0.205. The van der Waals surface area contributed by atoms with Crippen LogP contribution in [0.15, 0.2) is 18.2 Å². The highest BCUT2D eigenvalue weighted by Crippen LogP contribution is 2.28. The first-order valence-corrected chi connectivity index (χ1v) is 6.87. The summed E-state index contributed by atoms with van der Waals surface area (Å²) in [4.78, 5) is 2.20. The molecule has 1 fully saturated rings. The van der Waals surface area contributed by atoms with Crippen molar-refractivity contribution >= 4 is 5.69 Å². The minimum absolute atomic E-state index is 0.0196. The molecule has 0 bridgehead atoms. The molecule has 0 spiro atoms. The molecule has 1 heterocycles. The maximum absolute atomic E-state index is 13.4. The van der Waals surface area contributed by atoms with Gasteiger partial charge in [-0.25, -0.2) is 4.39 Å². The van der Waals surface area contributed by atoms with Gasteiger partial charge in [-0.15, -0.1) is 0 Å². The third-order valence-corrected chi connectivity index (χ3v) is 3.80. The number of hydrogen-bond donors (Lipinski definition) is 1. The van der Waals surface area contributed by atoms with Crippen molar-refractivity contribution in [3.8, 4) is 0 Å². The van der Waals surface area contributed by atoms with Crippen LogP contribution in [-0.4, -0.2) is 31.8 Å². The largest absolute Gasteiger partial charge is 0.376 e. The van der Waals surface area contributed by atoms with Gasteiger partial charge in [0.25, 0.3) is 0 Å². The van der Waals surface area contributed by atoms with E-state index in [1.54, 1.807) is 6.07 Å². The monoisotopic (exact) mass is 266 g/mol. The lowest BCUT2D eigenvalue weighted by atomic mass is 10.0. The van der Waals surface area contributed by atoms with Gasteiger partial charge in [-0.1, -0.05) is 0 Å². The first-order chi connectivity index (χ1) is 8.99. The lowest BCUT2D eigenvalue weighted by molar-refractivity contribution is 0.118. The Kier molecular flexibility index (Phi) is 4.42. The van der Waals surface area contributed by atoms with Crippen LogP contribution in [0.2, 0.25) is 0 Å². The van der Waals surface area contributed by atoms with Crippen LogP contribution in [0.1, 0.15) is 25.8 Å². The molecule has 1 saturated heterocycles. The summed E-state index contributed by atoms with van der Waals surface area (Å²) in [6.07, 6.45) is 1.89. The van der Waals surface area contributed by atoms with Gasteiger partial charge in [0.1, 0.15) is 5.82 Å². The van der Waals surface area contributed by atoms with E-state index in [0.29, 0.717) is 12.5 Å². The first kappa shape index (κ1) is 14.3. The summed E-state index contributed by atoms with van der Waals surface area (Å²) in [6.45, 7) is 4.82. The second-order valence-electron chi connectivity index (χ2n) is 5.50. The van der Waals surface area contributed by atoms with Crippen LogP contribution < -0.4 is 10.6 Å². The van der Waals surface area contributed by atoms with E-state index in [-0.39, 0.29) is 18.0 Å². The number of likely N-dealkylation sites (N-methyl/N-ethyl adjacent to an activating group) is 1. The van der Waals surface area contributed by atoms with Gasteiger partial charge in [-0.05, 0) is 50.5 Å². The van der Waals surface area contributed by atoms with Crippen molar-refractivity contribution < 1.29 is 9.13 Å². The Morgan fingerprint density at radius 3 is 2.84 bits per heavy atom. The predicted octanol–water partition coefficient (Wildman–Crippen LogP) is 2.33. The fourth-order valence-corrected chi connectivity index (χ4v) is 2.82. The number of anilines is 1. The van der Waals surface area contributed by atoms with E-state index in [1.807, 2.05) is 20.0 Å². The van der Waals surface area contributed by atoms with Crippen molar-refractivity contribution in [3.63, 3.8) is 0 Å². The third kappa shape index (κ3) is 3.25. The lowest BCUT2D eigenvalue weighted by Gasteiger charge is -2.31. The van der Waals surface area contributed by atoms with Gasteiger partial charge in [0.15, 0.2) is 0 Å². The number of halogens is 1. The lowest BCUT2D eigenvalue weighted by Crippen LogP contribution is -2.37. The SMILES string of the molecule is CC(N)Cc1cc(F)ccc1N(C)C1CCOC1C. The van der Waals surface area contributed by atoms with E-state index >= 15 is 0 Å². The molecule has 3 nitrogen and oxygen atoms in total. The fraction of sp³-hybridized carbons (Fsp3) is 0.600. The molecule has 106 valence electrons. The summed E-state index contributed by atoms with van der Waals surface area (Å²) < 4.78 is 19.0. The van der Waals surface area contributed by atoms with E-state index in [9.17, 15) is 4.39 Å². The summed E-state index contributed by atoms with van der Waals surface area (Å²) in [7, 11) is 2.05. The summed E-state index contributed by atoms with van der Waals surface area (Å²) >= 11 is 0. The molecule has 0 amide bonds. The van der Waals surface area contributed by atoms with Gasteiger partial charge < -0.3 is 15.4 Å². The second-order valence-corrected chi connectivity index (χ2v) is 5.50. The third-order valence-electron chi connectivity index (χ3n) is 3.80. The van der Waals surface area contributed by atoms with Crippen LogP contribution >= 0.6 is 0 Å². The number of ether oxygens (including phenoxy) is 1. The Labute approximate surface area is 114 Å². The molecular formula is C15H23FN2O. The number of hydrogen-bond acceptors (Lipinski definition) is 3. The van der Waals surface area contributed by atoms with Crippen molar-refractivity contribution in [2.75, 3.05) is 18.6 Å². The molecule has 4 heteroatoms. The Balaban J connectivity index is 2.27. The molecule has 1 aromatic rings. The zero-order valence-electron chi connectivity index (χ0n) is 11.9. The maximum Gasteiger partial charge on any atom is 0.123 e. The highest BCUT2D eigenvalue weighted by atomic mass is 19.1. The van der Waals surface area contributed by atoms with Crippen LogP contribution in [0.3, 0.4) is 0 Å². The van der Waals surface area contributed by atoms with Gasteiger partial charge >= 0.3 is 0 Å². The van der Waals surface area contributed by atoms with Crippen LogP contribution in [0.5, 0.6) is 0 Å². The minimum Gasteiger partial charge on any atom is -0.376 e.